The molecule has 0 aliphatic heterocycles. The number of oxazole rings is 1. The van der Waals surface area contributed by atoms with E-state index in [1.54, 1.807) is 18.2 Å². The largest absolute Gasteiger partial charge is 0.417 e. The molecule has 1 aliphatic rings. The third kappa shape index (κ3) is 1.99. The highest BCUT2D eigenvalue weighted by Gasteiger charge is 2.50. The molecule has 1 aliphatic carbocycles. The third-order valence-corrected chi connectivity index (χ3v) is 3.34. The number of benzene rings is 1. The van der Waals surface area contributed by atoms with Crippen LogP contribution in [0.5, 0.6) is 0 Å². The van der Waals surface area contributed by atoms with E-state index in [1.807, 2.05) is 6.07 Å². The number of carbonyl (C=O) groups is 1. The molecule has 0 bridgehead atoms. The Balaban J connectivity index is 1.73. The summed E-state index contributed by atoms with van der Waals surface area (Å²) in [7, 11) is 0. The van der Waals surface area contributed by atoms with Gasteiger partial charge < -0.3 is 9.73 Å². The van der Waals surface area contributed by atoms with Gasteiger partial charge in [0.1, 0.15) is 5.41 Å². The maximum atomic E-state index is 11.8. The molecule has 2 N–H and O–H groups in total. The monoisotopic (exact) mass is 257 g/mol. The molecule has 1 heterocycles. The number of hydrogen-bond donors (Lipinski definition) is 2. The van der Waals surface area contributed by atoms with Crippen molar-refractivity contribution < 1.29 is 9.21 Å². The second-order valence-electron chi connectivity index (χ2n) is 4.72. The fraction of sp³-hybridized carbons (Fsp3) is 0.308. The Morgan fingerprint density at radius 3 is 3.00 bits per heavy atom. The van der Waals surface area contributed by atoms with Crippen molar-refractivity contribution in [2.24, 2.45) is 5.41 Å². The molecule has 96 valence electrons. The standard InChI is InChI=1S/C13H11N3O3/c14-7-13(3-4-13)11(17)15-6-8-1-2-9-10(5-8)19-12(18)16-9/h1-2,5H,3-4,6H2,(H,15,17)(H,16,18). The smallest absolute Gasteiger partial charge is 0.408 e. The molecule has 0 spiro atoms. The van der Waals surface area contributed by atoms with Gasteiger partial charge in [-0.1, -0.05) is 6.07 Å². The van der Waals surface area contributed by atoms with Gasteiger partial charge in [0.2, 0.25) is 5.91 Å². The second kappa shape index (κ2) is 3.99. The highest BCUT2D eigenvalue weighted by atomic mass is 16.4. The first-order valence-electron chi connectivity index (χ1n) is 5.94. The number of nitrogens with zero attached hydrogens (tertiary/aromatic N) is 1. The Kier molecular flexibility index (Phi) is 2.42. The minimum atomic E-state index is -0.815. The van der Waals surface area contributed by atoms with E-state index in [0.717, 1.165) is 5.56 Å². The van der Waals surface area contributed by atoms with Gasteiger partial charge in [0, 0.05) is 6.54 Å². The van der Waals surface area contributed by atoms with Gasteiger partial charge in [-0.3, -0.25) is 9.78 Å². The second-order valence-corrected chi connectivity index (χ2v) is 4.72. The summed E-state index contributed by atoms with van der Waals surface area (Å²) in [5, 5.41) is 11.6. The van der Waals surface area contributed by atoms with E-state index >= 15 is 0 Å². The third-order valence-electron chi connectivity index (χ3n) is 3.34. The zero-order valence-electron chi connectivity index (χ0n) is 10.0. The SMILES string of the molecule is N#CC1(C(=O)NCc2ccc3[nH]c(=O)oc3c2)CC1. The van der Waals surface area contributed by atoms with E-state index in [0.29, 0.717) is 30.5 Å². The summed E-state index contributed by atoms with van der Waals surface area (Å²) in [4.78, 5) is 25.3. The average Bonchev–Trinajstić information content (AvgIpc) is 3.12. The fourth-order valence-electron chi connectivity index (χ4n) is 1.97. The molecule has 1 saturated carbocycles. The van der Waals surface area contributed by atoms with Crippen molar-refractivity contribution in [3.8, 4) is 6.07 Å². The van der Waals surface area contributed by atoms with Crippen molar-refractivity contribution in [1.29, 1.82) is 5.26 Å². The van der Waals surface area contributed by atoms with Crippen LogP contribution in [0.25, 0.3) is 11.1 Å². The molecule has 0 saturated heterocycles. The summed E-state index contributed by atoms with van der Waals surface area (Å²) >= 11 is 0. The molecule has 2 aromatic rings. The van der Waals surface area contributed by atoms with Crippen LogP contribution in [0.2, 0.25) is 0 Å². The highest BCUT2D eigenvalue weighted by Crippen LogP contribution is 2.44. The van der Waals surface area contributed by atoms with Crippen LogP contribution in [-0.2, 0) is 11.3 Å². The normalized spacial score (nSPS) is 15.9. The number of carbonyl (C=O) groups excluding carboxylic acids is 1. The number of amides is 1. The number of fused-ring (bicyclic) bond motifs is 1. The van der Waals surface area contributed by atoms with Gasteiger partial charge in [-0.25, -0.2) is 4.79 Å². The molecule has 0 atom stereocenters. The summed E-state index contributed by atoms with van der Waals surface area (Å²) in [6, 6.07) is 7.25. The number of aromatic nitrogens is 1. The number of aromatic amines is 1. The number of H-pyrrole nitrogens is 1. The number of nitriles is 1. The lowest BCUT2D eigenvalue weighted by Gasteiger charge is -2.07. The Morgan fingerprint density at radius 2 is 2.32 bits per heavy atom. The van der Waals surface area contributed by atoms with Crippen LogP contribution in [0.15, 0.2) is 27.4 Å². The predicted molar refractivity (Wildman–Crippen MR) is 66.0 cm³/mol. The quantitative estimate of drug-likeness (QED) is 0.858. The van der Waals surface area contributed by atoms with Crippen molar-refractivity contribution in [2.45, 2.75) is 19.4 Å². The molecule has 1 aromatic heterocycles. The molecule has 1 amide bonds. The summed E-state index contributed by atoms with van der Waals surface area (Å²) in [6.45, 7) is 0.313. The number of hydrogen-bond acceptors (Lipinski definition) is 4. The van der Waals surface area contributed by atoms with Crippen molar-refractivity contribution in [2.75, 3.05) is 0 Å². The van der Waals surface area contributed by atoms with Crippen LogP contribution >= 0.6 is 0 Å². The van der Waals surface area contributed by atoms with E-state index in [2.05, 4.69) is 10.3 Å². The fourth-order valence-corrected chi connectivity index (χ4v) is 1.97. The molecule has 1 fully saturated rings. The van der Waals surface area contributed by atoms with Gasteiger partial charge in [0.15, 0.2) is 5.58 Å². The van der Waals surface area contributed by atoms with Crippen LogP contribution in [-0.4, -0.2) is 10.9 Å². The van der Waals surface area contributed by atoms with Crippen LogP contribution in [0.3, 0.4) is 0 Å². The van der Waals surface area contributed by atoms with Gasteiger partial charge in [-0.05, 0) is 30.5 Å². The Morgan fingerprint density at radius 1 is 1.53 bits per heavy atom. The van der Waals surface area contributed by atoms with Crippen LogP contribution in [0.4, 0.5) is 0 Å². The van der Waals surface area contributed by atoms with Crippen molar-refractivity contribution in [3.63, 3.8) is 0 Å². The lowest BCUT2D eigenvalue weighted by molar-refractivity contribution is -0.124. The van der Waals surface area contributed by atoms with Crippen LogP contribution in [0.1, 0.15) is 18.4 Å². The molecule has 0 unspecified atom stereocenters. The van der Waals surface area contributed by atoms with Crippen molar-refractivity contribution >= 4 is 17.0 Å². The van der Waals surface area contributed by atoms with E-state index in [-0.39, 0.29) is 5.91 Å². The van der Waals surface area contributed by atoms with Crippen LogP contribution in [0, 0.1) is 16.7 Å². The molecule has 3 rings (SSSR count). The first-order valence-corrected chi connectivity index (χ1v) is 5.94. The van der Waals surface area contributed by atoms with Gasteiger partial charge >= 0.3 is 5.76 Å². The molecular weight excluding hydrogens is 246 g/mol. The zero-order chi connectivity index (χ0) is 13.5. The van der Waals surface area contributed by atoms with E-state index < -0.39 is 11.2 Å². The summed E-state index contributed by atoms with van der Waals surface area (Å²) in [5.41, 5.74) is 1.08. The molecule has 1 aromatic carbocycles. The first-order chi connectivity index (χ1) is 9.13. The topological polar surface area (TPSA) is 98.9 Å². The van der Waals surface area contributed by atoms with Crippen molar-refractivity contribution in [1.82, 2.24) is 10.3 Å². The first kappa shape index (κ1) is 11.5. The molecule has 6 nitrogen and oxygen atoms in total. The predicted octanol–water partition coefficient (Wildman–Crippen LogP) is 1.04. The Bertz CT molecular complexity index is 746. The zero-order valence-corrected chi connectivity index (χ0v) is 10.0. The molecular formula is C13H11N3O3. The minimum Gasteiger partial charge on any atom is -0.408 e. The summed E-state index contributed by atoms with van der Waals surface area (Å²) in [5.74, 6) is -0.733. The Labute approximate surface area is 108 Å². The van der Waals surface area contributed by atoms with Gasteiger partial charge in [0.05, 0.1) is 11.6 Å². The van der Waals surface area contributed by atoms with Crippen LogP contribution < -0.4 is 11.1 Å². The van der Waals surface area contributed by atoms with E-state index in [4.69, 9.17) is 9.68 Å². The number of nitrogens with one attached hydrogen (secondary N) is 2. The number of rotatable bonds is 3. The molecule has 6 heteroatoms. The van der Waals surface area contributed by atoms with Gasteiger partial charge in [-0.15, -0.1) is 0 Å². The lowest BCUT2D eigenvalue weighted by atomic mass is 10.1. The lowest BCUT2D eigenvalue weighted by Crippen LogP contribution is -2.30. The van der Waals surface area contributed by atoms with E-state index in [1.165, 1.54) is 0 Å². The Hall–Kier alpha value is -2.55. The maximum absolute atomic E-state index is 11.8. The maximum Gasteiger partial charge on any atom is 0.417 e. The van der Waals surface area contributed by atoms with Crippen molar-refractivity contribution in [3.05, 3.63) is 34.3 Å². The summed E-state index contributed by atoms with van der Waals surface area (Å²) in [6.07, 6.45) is 1.25. The van der Waals surface area contributed by atoms with Gasteiger partial charge in [0.25, 0.3) is 0 Å². The van der Waals surface area contributed by atoms with E-state index in [9.17, 15) is 9.59 Å². The summed E-state index contributed by atoms with van der Waals surface area (Å²) < 4.78 is 4.94. The highest BCUT2D eigenvalue weighted by molar-refractivity contribution is 5.88. The minimum absolute atomic E-state index is 0.231. The molecule has 19 heavy (non-hydrogen) atoms. The van der Waals surface area contributed by atoms with Gasteiger partial charge in [-0.2, -0.15) is 5.26 Å². The molecule has 0 radical (unpaired) electrons. The average molecular weight is 257 g/mol.